The maximum absolute atomic E-state index is 8.07. The first kappa shape index (κ1) is 62.3. The summed E-state index contributed by atoms with van der Waals surface area (Å²) in [5.74, 6) is 0. The lowest BCUT2D eigenvalue weighted by Crippen LogP contribution is -2.11. The Bertz CT molecular complexity index is 395. The summed E-state index contributed by atoms with van der Waals surface area (Å²) in [5.41, 5.74) is 0. The average Bonchev–Trinajstić information content (AvgIpc) is 3.13. The van der Waals surface area contributed by atoms with Crippen LogP contribution in [-0.4, -0.2) is 36.8 Å². The molecule has 0 saturated heterocycles. The summed E-state index contributed by atoms with van der Waals surface area (Å²) in [6.45, 7) is 21.4. The minimum absolute atomic E-state index is 0.319. The predicted molar refractivity (Wildman–Crippen MR) is 236 cm³/mol. The highest BCUT2D eigenvalue weighted by Gasteiger charge is 1.95. The molecule has 0 bridgehead atoms. The molecule has 50 heavy (non-hydrogen) atoms. The molecular weight excluding hydrogens is 633 g/mol. The van der Waals surface area contributed by atoms with Gasteiger partial charge in [-0.1, -0.05) is 261 Å². The fourth-order valence-electron chi connectivity index (χ4n) is 4.91. The van der Waals surface area contributed by atoms with Crippen LogP contribution in [0.4, 0.5) is 0 Å². The number of hydrogen-bond acceptors (Lipinski definition) is 4. The molecule has 0 aliphatic carbocycles. The van der Waals surface area contributed by atoms with Crippen molar-refractivity contribution in [3.63, 3.8) is 0 Å². The van der Waals surface area contributed by atoms with Crippen molar-refractivity contribution < 1.29 is 14.5 Å². The van der Waals surface area contributed by atoms with Gasteiger partial charge in [-0.05, 0) is 13.5 Å². The molecule has 312 valence electrons. The second-order valence-corrected chi connectivity index (χ2v) is 14.4. The van der Waals surface area contributed by atoms with Crippen molar-refractivity contribution in [3.05, 3.63) is 0 Å². The van der Waals surface area contributed by atoms with Gasteiger partial charge >= 0.3 is 0 Å². The Hall–Kier alpha value is 0.270. The molecule has 0 aromatic heterocycles. The van der Waals surface area contributed by atoms with Gasteiger partial charge in [0.25, 0.3) is 0 Å². The smallest absolute Gasteiger partial charge is 0.152 e. The van der Waals surface area contributed by atoms with E-state index in [0.29, 0.717) is 13.2 Å². The second-order valence-electron chi connectivity index (χ2n) is 14.0. The summed E-state index contributed by atoms with van der Waals surface area (Å²) in [4.78, 5) is 8.07. The van der Waals surface area contributed by atoms with Crippen LogP contribution in [-0.2, 0) is 4.52 Å². The molecule has 1 unspecified atom stereocenters. The van der Waals surface area contributed by atoms with Gasteiger partial charge in [0.2, 0.25) is 0 Å². The Morgan fingerprint density at radius 3 is 0.700 bits per heavy atom. The van der Waals surface area contributed by atoms with E-state index in [4.69, 9.17) is 10.00 Å². The van der Waals surface area contributed by atoms with E-state index < -0.39 is 0 Å². The topological polar surface area (TPSA) is 61.7 Å². The predicted octanol–water partition coefficient (Wildman–Crippen LogP) is 16.3. The van der Waals surface area contributed by atoms with Crippen LogP contribution in [0.15, 0.2) is 0 Å². The zero-order chi connectivity index (χ0) is 38.9. The van der Waals surface area contributed by atoms with Crippen molar-refractivity contribution in [2.24, 2.45) is 0 Å². The first-order chi connectivity index (χ1) is 24.5. The van der Waals surface area contributed by atoms with Gasteiger partial charge in [0.05, 0.1) is 6.61 Å². The highest BCUT2D eigenvalue weighted by molar-refractivity contribution is 7.24. The fourth-order valence-corrected chi connectivity index (χ4v) is 5.10. The summed E-state index contributed by atoms with van der Waals surface area (Å²) in [6, 6.07) is 0. The van der Waals surface area contributed by atoms with Gasteiger partial charge in [-0.2, -0.15) is 0 Å². The highest BCUT2D eigenvalue weighted by Crippen LogP contribution is 2.14. The summed E-state index contributed by atoms with van der Waals surface area (Å²) < 4.78 is 4.59. The molecule has 5 heteroatoms. The molecule has 0 spiro atoms. The van der Waals surface area contributed by atoms with Crippen molar-refractivity contribution in [1.29, 1.82) is 0 Å². The van der Waals surface area contributed by atoms with Crippen molar-refractivity contribution in [2.75, 3.05) is 26.8 Å². The minimum atomic E-state index is -0.372. The number of rotatable bonds is 32. The first-order valence-electron chi connectivity index (χ1n) is 22.8. The Morgan fingerprint density at radius 2 is 0.580 bits per heavy atom. The third-order valence-corrected chi connectivity index (χ3v) is 8.45. The molecule has 3 N–H and O–H groups in total. The lowest BCUT2D eigenvalue weighted by atomic mass is 10.0. The van der Waals surface area contributed by atoms with Gasteiger partial charge in [0.15, 0.2) is 9.03 Å². The highest BCUT2D eigenvalue weighted by atomic mass is 31.1. The Morgan fingerprint density at radius 1 is 0.380 bits per heavy atom. The summed E-state index contributed by atoms with van der Waals surface area (Å²) in [6.07, 6.45) is 45.6. The van der Waals surface area contributed by atoms with Crippen LogP contribution in [0.25, 0.3) is 0 Å². The molecular formula is C45H104NO3P. The summed E-state index contributed by atoms with van der Waals surface area (Å²) in [5, 5.41) is 10.7. The standard InChI is InChI=1S/C21H44.C10H22.C5H12.C3H10NO2P.C3H8O.C3H8/c1-3-5-7-9-11-13-15-17-19-21-20-18-16-14-12-10-8-6-4-2;1-3-5-7-9-10-8-6-4-2;1-3-5-4-2;1-4-2-3-6-7-5;1-2-3-4;1-3-2/h3-21H2,1-2H3;3-10H2,1-2H3;3-5H2,1-2H3;4-5,7H,2-3H2,1H3;4H,2-3H2,1H3;3H2,1-2H3. The van der Waals surface area contributed by atoms with Crippen molar-refractivity contribution >= 4 is 9.03 Å². The molecule has 0 saturated carbocycles. The van der Waals surface area contributed by atoms with Crippen LogP contribution in [0, 0.1) is 0 Å². The largest absolute Gasteiger partial charge is 0.396 e. The maximum atomic E-state index is 8.07. The first-order valence-corrected chi connectivity index (χ1v) is 23.6. The Kier molecular flexibility index (Phi) is 97.6. The van der Waals surface area contributed by atoms with Gasteiger partial charge in [-0.15, -0.1) is 0 Å². The van der Waals surface area contributed by atoms with Gasteiger partial charge in [-0.3, -0.25) is 0 Å². The molecule has 0 amide bonds. The molecule has 4 nitrogen and oxygen atoms in total. The number of hydrogen-bond donors (Lipinski definition) is 3. The summed E-state index contributed by atoms with van der Waals surface area (Å²) in [7, 11) is 1.46. The van der Waals surface area contributed by atoms with E-state index in [1.54, 1.807) is 0 Å². The van der Waals surface area contributed by atoms with E-state index >= 15 is 0 Å². The molecule has 0 radical (unpaired) electrons. The molecule has 0 aliphatic rings. The quantitative estimate of drug-likeness (QED) is 0.0475. The zero-order valence-corrected chi connectivity index (χ0v) is 38.1. The van der Waals surface area contributed by atoms with E-state index in [-0.39, 0.29) is 9.03 Å². The number of likely N-dealkylation sites (N-methyl/N-ethyl adjacent to an activating group) is 1. The summed E-state index contributed by atoms with van der Waals surface area (Å²) >= 11 is 0. The second kappa shape index (κ2) is 78.4. The van der Waals surface area contributed by atoms with Crippen LogP contribution < -0.4 is 5.32 Å². The third-order valence-electron chi connectivity index (χ3n) is 8.11. The maximum Gasteiger partial charge on any atom is 0.152 e. The van der Waals surface area contributed by atoms with Gasteiger partial charge < -0.3 is 19.8 Å². The van der Waals surface area contributed by atoms with E-state index in [2.05, 4.69) is 65.2 Å². The fraction of sp³-hybridized carbons (Fsp3) is 1.00. The number of unbranched alkanes of at least 4 members (excludes halogenated alkanes) is 27. The SMILES string of the molecule is CCC.CCCCC.CCCCCCCCCC.CCCCCCCCCCCCCCCCCCCCC.CCCO.CNCCOPO. The Labute approximate surface area is 322 Å². The molecule has 0 rings (SSSR count). The van der Waals surface area contributed by atoms with Crippen LogP contribution >= 0.6 is 9.03 Å². The minimum Gasteiger partial charge on any atom is -0.396 e. The van der Waals surface area contributed by atoms with Gasteiger partial charge in [-0.25, -0.2) is 0 Å². The molecule has 0 fully saturated rings. The van der Waals surface area contributed by atoms with Crippen molar-refractivity contribution in [3.8, 4) is 0 Å². The molecule has 0 aliphatic heterocycles. The average molecular weight is 738 g/mol. The normalized spacial score (nSPS) is 10.1. The molecule has 0 aromatic rings. The van der Waals surface area contributed by atoms with Gasteiger partial charge in [0.1, 0.15) is 0 Å². The molecule has 0 aromatic carbocycles. The van der Waals surface area contributed by atoms with E-state index in [0.717, 1.165) is 13.0 Å². The monoisotopic (exact) mass is 738 g/mol. The van der Waals surface area contributed by atoms with Crippen LogP contribution in [0.2, 0.25) is 0 Å². The molecule has 1 atom stereocenters. The van der Waals surface area contributed by atoms with Crippen molar-refractivity contribution in [1.82, 2.24) is 5.32 Å². The Balaban J connectivity index is -0.000000138. The van der Waals surface area contributed by atoms with Crippen LogP contribution in [0.1, 0.15) is 268 Å². The van der Waals surface area contributed by atoms with E-state index in [1.807, 2.05) is 14.0 Å². The van der Waals surface area contributed by atoms with E-state index in [1.165, 1.54) is 199 Å². The number of nitrogens with one attached hydrogen (secondary N) is 1. The zero-order valence-electron chi connectivity index (χ0n) is 37.1. The lowest BCUT2D eigenvalue weighted by molar-refractivity contribution is 0.295. The van der Waals surface area contributed by atoms with Gasteiger partial charge in [0, 0.05) is 13.2 Å². The molecule has 0 heterocycles. The van der Waals surface area contributed by atoms with Crippen LogP contribution in [0.5, 0.6) is 0 Å². The lowest BCUT2D eigenvalue weighted by Gasteiger charge is -2.03. The van der Waals surface area contributed by atoms with E-state index in [9.17, 15) is 0 Å². The van der Waals surface area contributed by atoms with Crippen molar-refractivity contribution in [2.45, 2.75) is 268 Å². The van der Waals surface area contributed by atoms with Crippen LogP contribution in [0.3, 0.4) is 0 Å². The number of aliphatic hydroxyl groups is 1. The third kappa shape index (κ3) is 104. The number of aliphatic hydroxyl groups excluding tert-OH is 1.